The summed E-state index contributed by atoms with van der Waals surface area (Å²) in [4.78, 5) is 17.1. The van der Waals surface area contributed by atoms with Crippen LogP contribution in [0.25, 0.3) is 0 Å². The quantitative estimate of drug-likeness (QED) is 0.845. The Morgan fingerprint density at radius 1 is 1.15 bits per heavy atom. The molecule has 5 nitrogen and oxygen atoms in total. The van der Waals surface area contributed by atoms with Crippen molar-refractivity contribution in [1.82, 2.24) is 10.2 Å². The van der Waals surface area contributed by atoms with E-state index in [0.29, 0.717) is 6.54 Å². The smallest absolute Gasteiger partial charge is 0.235 e. The molecule has 0 atom stereocenters. The van der Waals surface area contributed by atoms with Gasteiger partial charge in [-0.25, -0.2) is 0 Å². The molecule has 3 rings (SSSR count). The van der Waals surface area contributed by atoms with E-state index in [1.165, 1.54) is 24.1 Å². The number of benzene rings is 1. The number of amides is 1. The van der Waals surface area contributed by atoms with E-state index in [2.05, 4.69) is 52.4 Å². The Labute approximate surface area is 157 Å². The maximum Gasteiger partial charge on any atom is 0.235 e. The van der Waals surface area contributed by atoms with E-state index >= 15 is 0 Å². The molecule has 26 heavy (non-hydrogen) atoms. The third kappa shape index (κ3) is 4.76. The van der Waals surface area contributed by atoms with Crippen LogP contribution in [-0.2, 0) is 4.79 Å². The van der Waals surface area contributed by atoms with Gasteiger partial charge in [0.15, 0.2) is 0 Å². The van der Waals surface area contributed by atoms with Gasteiger partial charge in [0.05, 0.1) is 12.6 Å². The molecule has 2 aliphatic rings. The molecule has 1 aliphatic heterocycles. The van der Waals surface area contributed by atoms with E-state index in [9.17, 15) is 10.1 Å². The fraction of sp³-hybridized carbons (Fsp3) is 0.619. The minimum atomic E-state index is -0.642. The summed E-state index contributed by atoms with van der Waals surface area (Å²) in [7, 11) is 0. The zero-order valence-electron chi connectivity index (χ0n) is 15.8. The molecule has 0 bridgehead atoms. The second-order valence-electron chi connectivity index (χ2n) is 7.76. The molecule has 1 aromatic carbocycles. The average Bonchev–Trinajstić information content (AvgIpc) is 2.88. The molecule has 1 saturated heterocycles. The van der Waals surface area contributed by atoms with Gasteiger partial charge < -0.3 is 10.2 Å². The lowest BCUT2D eigenvalue weighted by molar-refractivity contribution is -0.123. The third-order valence-electron chi connectivity index (χ3n) is 5.66. The molecule has 1 saturated carbocycles. The first-order valence-electron chi connectivity index (χ1n) is 9.86. The number of aryl methyl sites for hydroxylation is 1. The highest BCUT2D eigenvalue weighted by molar-refractivity contribution is 5.79. The zero-order chi connectivity index (χ0) is 18.4. The van der Waals surface area contributed by atoms with Crippen molar-refractivity contribution in [3.63, 3.8) is 0 Å². The Kier molecular flexibility index (Phi) is 6.16. The summed E-state index contributed by atoms with van der Waals surface area (Å²) in [6.07, 6.45) is 5.97. The molecule has 1 aliphatic carbocycles. The Bertz CT molecular complexity index is 650. The van der Waals surface area contributed by atoms with Crippen LogP contribution in [0.3, 0.4) is 0 Å². The van der Waals surface area contributed by atoms with Gasteiger partial charge in [-0.1, -0.05) is 37.8 Å². The lowest BCUT2D eigenvalue weighted by Crippen LogP contribution is -2.53. The van der Waals surface area contributed by atoms with Crippen LogP contribution in [0.5, 0.6) is 0 Å². The first kappa shape index (κ1) is 18.7. The normalized spacial score (nSPS) is 20.8. The molecule has 0 unspecified atom stereocenters. The highest BCUT2D eigenvalue weighted by atomic mass is 16.2. The van der Waals surface area contributed by atoms with Crippen LogP contribution in [0.1, 0.15) is 44.1 Å². The van der Waals surface area contributed by atoms with Crippen LogP contribution in [0.15, 0.2) is 24.3 Å². The summed E-state index contributed by atoms with van der Waals surface area (Å²) in [6, 6.07) is 11.0. The second-order valence-corrected chi connectivity index (χ2v) is 7.76. The lowest BCUT2D eigenvalue weighted by atomic mass is 9.92. The van der Waals surface area contributed by atoms with Crippen molar-refractivity contribution >= 4 is 11.6 Å². The number of carbonyl (C=O) groups is 1. The standard InChI is InChI=1S/C21H30N4O/c1-18-7-6-8-19(15-18)25-13-11-24(12-14-25)16-20(26)23-21(17-22)9-4-2-3-5-10-21/h6-8,15H,2-5,9-14,16H2,1H3,(H,23,26). The number of rotatable bonds is 4. The van der Waals surface area contributed by atoms with Gasteiger partial charge in [-0.2, -0.15) is 5.26 Å². The van der Waals surface area contributed by atoms with Gasteiger partial charge in [-0.15, -0.1) is 0 Å². The maximum absolute atomic E-state index is 12.5. The summed E-state index contributed by atoms with van der Waals surface area (Å²) < 4.78 is 0. The molecule has 140 valence electrons. The number of piperazine rings is 1. The zero-order valence-corrected chi connectivity index (χ0v) is 15.8. The van der Waals surface area contributed by atoms with Crippen LogP contribution in [-0.4, -0.2) is 49.1 Å². The Morgan fingerprint density at radius 3 is 2.46 bits per heavy atom. The molecule has 5 heteroatoms. The highest BCUT2D eigenvalue weighted by Crippen LogP contribution is 2.26. The molecule has 2 fully saturated rings. The van der Waals surface area contributed by atoms with Crippen molar-refractivity contribution in [2.45, 2.75) is 51.0 Å². The van der Waals surface area contributed by atoms with Crippen molar-refractivity contribution in [1.29, 1.82) is 5.26 Å². The summed E-state index contributed by atoms with van der Waals surface area (Å²) in [6.45, 7) is 6.12. The molecule has 0 spiro atoms. The summed E-state index contributed by atoms with van der Waals surface area (Å²) in [5.41, 5.74) is 1.89. The van der Waals surface area contributed by atoms with E-state index < -0.39 is 5.54 Å². The van der Waals surface area contributed by atoms with E-state index in [1.54, 1.807) is 0 Å². The summed E-state index contributed by atoms with van der Waals surface area (Å²) in [5, 5.41) is 12.7. The van der Waals surface area contributed by atoms with E-state index in [1.807, 2.05) is 0 Å². The van der Waals surface area contributed by atoms with Gasteiger partial charge in [0.2, 0.25) is 5.91 Å². The minimum Gasteiger partial charge on any atom is -0.369 e. The third-order valence-corrected chi connectivity index (χ3v) is 5.66. The first-order chi connectivity index (χ1) is 12.6. The van der Waals surface area contributed by atoms with Crippen LogP contribution >= 0.6 is 0 Å². The maximum atomic E-state index is 12.5. The van der Waals surface area contributed by atoms with Crippen LogP contribution < -0.4 is 10.2 Å². The van der Waals surface area contributed by atoms with Crippen molar-refractivity contribution in [3.05, 3.63) is 29.8 Å². The van der Waals surface area contributed by atoms with Gasteiger partial charge in [0.1, 0.15) is 5.54 Å². The molecule has 1 amide bonds. The lowest BCUT2D eigenvalue weighted by Gasteiger charge is -2.36. The minimum absolute atomic E-state index is 0.00236. The number of nitrogens with one attached hydrogen (secondary N) is 1. The number of nitriles is 1. The first-order valence-corrected chi connectivity index (χ1v) is 9.86. The monoisotopic (exact) mass is 354 g/mol. The van der Waals surface area contributed by atoms with E-state index in [-0.39, 0.29) is 5.91 Å². The van der Waals surface area contributed by atoms with Crippen LogP contribution in [0.4, 0.5) is 5.69 Å². The molecule has 1 heterocycles. The van der Waals surface area contributed by atoms with Gasteiger partial charge >= 0.3 is 0 Å². The molecular formula is C21H30N4O. The second kappa shape index (κ2) is 8.55. The van der Waals surface area contributed by atoms with Crippen LogP contribution in [0, 0.1) is 18.3 Å². The highest BCUT2D eigenvalue weighted by Gasteiger charge is 2.33. The predicted molar refractivity (Wildman–Crippen MR) is 104 cm³/mol. The molecule has 0 aromatic heterocycles. The van der Waals surface area contributed by atoms with Gasteiger partial charge in [-0.3, -0.25) is 9.69 Å². The average molecular weight is 354 g/mol. The molecule has 1 N–H and O–H groups in total. The van der Waals surface area contributed by atoms with Gasteiger partial charge in [0, 0.05) is 31.9 Å². The van der Waals surface area contributed by atoms with Crippen molar-refractivity contribution in [2.75, 3.05) is 37.6 Å². The number of hydrogen-bond donors (Lipinski definition) is 1. The van der Waals surface area contributed by atoms with Gasteiger partial charge in [-0.05, 0) is 37.5 Å². The summed E-state index contributed by atoms with van der Waals surface area (Å²) in [5.74, 6) is -0.00236. The van der Waals surface area contributed by atoms with Gasteiger partial charge in [0.25, 0.3) is 0 Å². The molecular weight excluding hydrogens is 324 g/mol. The van der Waals surface area contributed by atoms with Crippen molar-refractivity contribution in [3.8, 4) is 6.07 Å². The number of nitrogens with zero attached hydrogens (tertiary/aromatic N) is 3. The number of anilines is 1. The Morgan fingerprint density at radius 2 is 1.85 bits per heavy atom. The fourth-order valence-electron chi connectivity index (χ4n) is 4.10. The largest absolute Gasteiger partial charge is 0.369 e. The summed E-state index contributed by atoms with van der Waals surface area (Å²) >= 11 is 0. The topological polar surface area (TPSA) is 59.4 Å². The number of carbonyl (C=O) groups excluding carboxylic acids is 1. The van der Waals surface area contributed by atoms with Crippen molar-refractivity contribution < 1.29 is 4.79 Å². The molecule has 0 radical (unpaired) electrons. The van der Waals surface area contributed by atoms with E-state index in [0.717, 1.165) is 51.9 Å². The predicted octanol–water partition coefficient (Wildman–Crippen LogP) is 2.85. The number of hydrogen-bond acceptors (Lipinski definition) is 4. The van der Waals surface area contributed by atoms with E-state index in [4.69, 9.17) is 0 Å². The SMILES string of the molecule is Cc1cccc(N2CCN(CC(=O)NC3(C#N)CCCCCC3)CC2)c1. The Hall–Kier alpha value is -2.06. The van der Waals surface area contributed by atoms with Crippen molar-refractivity contribution in [2.24, 2.45) is 0 Å². The van der Waals surface area contributed by atoms with Crippen LogP contribution in [0.2, 0.25) is 0 Å². The molecule has 1 aromatic rings. The fourth-order valence-corrected chi connectivity index (χ4v) is 4.10. The Balaban J connectivity index is 1.49.